The highest BCUT2D eigenvalue weighted by atomic mass is 79.9. The van der Waals surface area contributed by atoms with Gasteiger partial charge < -0.3 is 14.8 Å². The van der Waals surface area contributed by atoms with Crippen molar-refractivity contribution in [3.05, 3.63) is 23.8 Å². The van der Waals surface area contributed by atoms with Crippen LogP contribution >= 0.6 is 15.9 Å². The number of nitrogens with one attached hydrogen (secondary N) is 1. The minimum atomic E-state index is -0.124. The van der Waals surface area contributed by atoms with Crippen LogP contribution in [0.3, 0.4) is 0 Å². The Morgan fingerprint density at radius 3 is 2.62 bits per heavy atom. The predicted molar refractivity (Wildman–Crippen MR) is 88.7 cm³/mol. The van der Waals surface area contributed by atoms with Gasteiger partial charge in [0, 0.05) is 11.9 Å². The van der Waals surface area contributed by atoms with E-state index in [1.165, 1.54) is 0 Å². The number of benzene rings is 1. The molecule has 1 N–H and O–H groups in total. The molecule has 0 saturated heterocycles. The Kier molecular flexibility index (Phi) is 8.20. The smallest absolute Gasteiger partial charge is 0.255 e. The van der Waals surface area contributed by atoms with Crippen LogP contribution in [0.1, 0.15) is 36.5 Å². The maximum Gasteiger partial charge on any atom is 0.255 e. The van der Waals surface area contributed by atoms with E-state index in [1.54, 1.807) is 32.4 Å². The van der Waals surface area contributed by atoms with Crippen LogP contribution in [0.25, 0.3) is 0 Å². The molecule has 1 aromatic carbocycles. The molecule has 21 heavy (non-hydrogen) atoms. The van der Waals surface area contributed by atoms with Crippen LogP contribution < -0.4 is 14.8 Å². The van der Waals surface area contributed by atoms with Gasteiger partial charge in [-0.25, -0.2) is 0 Å². The van der Waals surface area contributed by atoms with Crippen LogP contribution in [0.2, 0.25) is 0 Å². The summed E-state index contributed by atoms with van der Waals surface area (Å²) in [7, 11) is 3.14. The van der Waals surface area contributed by atoms with Crippen LogP contribution in [0.15, 0.2) is 18.2 Å². The molecule has 1 aromatic rings. The first-order chi connectivity index (χ1) is 10.2. The van der Waals surface area contributed by atoms with Gasteiger partial charge in [0.25, 0.3) is 5.91 Å². The Labute approximate surface area is 135 Å². The lowest BCUT2D eigenvalue weighted by molar-refractivity contribution is 0.0942. The lowest BCUT2D eigenvalue weighted by Crippen LogP contribution is -2.29. The third kappa shape index (κ3) is 5.58. The number of carbonyl (C=O) groups is 1. The molecule has 4 nitrogen and oxygen atoms in total. The van der Waals surface area contributed by atoms with Gasteiger partial charge in [0.05, 0.1) is 19.8 Å². The normalized spacial score (nSPS) is 11.8. The zero-order valence-corrected chi connectivity index (χ0v) is 14.5. The summed E-state index contributed by atoms with van der Waals surface area (Å²) in [5, 5.41) is 3.95. The molecule has 1 amide bonds. The Balaban J connectivity index is 2.73. The molecule has 0 aliphatic heterocycles. The average molecular weight is 358 g/mol. The van der Waals surface area contributed by atoms with E-state index in [0.29, 0.717) is 29.5 Å². The fourth-order valence-electron chi connectivity index (χ4n) is 2.23. The molecule has 0 spiro atoms. The number of hydrogen-bond acceptors (Lipinski definition) is 3. The standard InChI is InChI=1S/C16H24BrNO3/c1-4-5-12(8-9-17)11-18-16(19)14-10-13(20-2)6-7-15(14)21-3/h6-7,10,12H,4-5,8-9,11H2,1-3H3,(H,18,19). The monoisotopic (exact) mass is 357 g/mol. The zero-order valence-electron chi connectivity index (χ0n) is 12.9. The van der Waals surface area contributed by atoms with E-state index in [2.05, 4.69) is 28.2 Å². The van der Waals surface area contributed by atoms with E-state index >= 15 is 0 Å². The molecule has 1 unspecified atom stereocenters. The molecule has 0 aromatic heterocycles. The highest BCUT2D eigenvalue weighted by Gasteiger charge is 2.15. The first-order valence-electron chi connectivity index (χ1n) is 7.22. The number of ether oxygens (including phenoxy) is 2. The van der Waals surface area contributed by atoms with Gasteiger partial charge in [-0.3, -0.25) is 4.79 Å². The highest BCUT2D eigenvalue weighted by molar-refractivity contribution is 9.09. The molecule has 118 valence electrons. The molecule has 0 bridgehead atoms. The van der Waals surface area contributed by atoms with Crippen molar-refractivity contribution in [1.82, 2.24) is 5.32 Å². The molecular formula is C16H24BrNO3. The second-order valence-corrected chi connectivity index (χ2v) is 5.70. The second kappa shape index (κ2) is 9.66. The summed E-state index contributed by atoms with van der Waals surface area (Å²) in [5.74, 6) is 1.57. The van der Waals surface area contributed by atoms with Crippen LogP contribution in [0, 0.1) is 5.92 Å². The molecule has 1 rings (SSSR count). The van der Waals surface area contributed by atoms with Gasteiger partial charge >= 0.3 is 0 Å². The Hall–Kier alpha value is -1.23. The molecule has 0 saturated carbocycles. The Morgan fingerprint density at radius 1 is 1.29 bits per heavy atom. The fourth-order valence-corrected chi connectivity index (χ4v) is 2.88. The Bertz CT molecular complexity index is 445. The highest BCUT2D eigenvalue weighted by Crippen LogP contribution is 2.24. The number of amides is 1. The molecule has 5 heteroatoms. The van der Waals surface area contributed by atoms with Crippen molar-refractivity contribution in [2.45, 2.75) is 26.2 Å². The molecule has 0 aliphatic carbocycles. The van der Waals surface area contributed by atoms with Crippen LogP contribution in [0.5, 0.6) is 11.5 Å². The third-order valence-corrected chi connectivity index (χ3v) is 3.87. The van der Waals surface area contributed by atoms with Gasteiger partial charge in [-0.1, -0.05) is 29.3 Å². The lowest BCUT2D eigenvalue weighted by Gasteiger charge is -2.16. The first-order valence-corrected chi connectivity index (χ1v) is 8.34. The van der Waals surface area contributed by atoms with E-state index in [-0.39, 0.29) is 5.91 Å². The number of hydrogen-bond donors (Lipinski definition) is 1. The van der Waals surface area contributed by atoms with Crippen molar-refractivity contribution in [2.24, 2.45) is 5.92 Å². The number of methoxy groups -OCH3 is 2. The SMILES string of the molecule is CCCC(CCBr)CNC(=O)c1cc(OC)ccc1OC. The van der Waals surface area contributed by atoms with Crippen molar-refractivity contribution in [1.29, 1.82) is 0 Å². The van der Waals surface area contributed by atoms with E-state index in [1.807, 2.05) is 0 Å². The summed E-state index contributed by atoms with van der Waals surface area (Å²) in [6.07, 6.45) is 3.29. The first kappa shape index (κ1) is 17.8. The van der Waals surface area contributed by atoms with Crippen molar-refractivity contribution in [3.8, 4) is 11.5 Å². The van der Waals surface area contributed by atoms with Gasteiger partial charge in [-0.15, -0.1) is 0 Å². The van der Waals surface area contributed by atoms with E-state index in [0.717, 1.165) is 24.6 Å². The molecular weight excluding hydrogens is 334 g/mol. The fraction of sp³-hybridized carbons (Fsp3) is 0.562. The van der Waals surface area contributed by atoms with Crippen LogP contribution in [-0.2, 0) is 0 Å². The van der Waals surface area contributed by atoms with Crippen molar-refractivity contribution < 1.29 is 14.3 Å². The summed E-state index contributed by atoms with van der Waals surface area (Å²) in [6.45, 7) is 2.84. The maximum absolute atomic E-state index is 12.3. The minimum Gasteiger partial charge on any atom is -0.497 e. The molecule has 0 radical (unpaired) electrons. The summed E-state index contributed by atoms with van der Waals surface area (Å²) >= 11 is 3.46. The predicted octanol–water partition coefficient (Wildman–Crippen LogP) is 3.63. The molecule has 0 fully saturated rings. The minimum absolute atomic E-state index is 0.124. The number of carbonyl (C=O) groups excluding carboxylic acids is 1. The van der Waals surface area contributed by atoms with Gasteiger partial charge in [-0.05, 0) is 37.0 Å². The van der Waals surface area contributed by atoms with Gasteiger partial charge in [0.2, 0.25) is 0 Å². The lowest BCUT2D eigenvalue weighted by atomic mass is 10.0. The van der Waals surface area contributed by atoms with Gasteiger partial charge in [0.1, 0.15) is 11.5 Å². The van der Waals surface area contributed by atoms with Crippen molar-refractivity contribution >= 4 is 21.8 Å². The largest absolute Gasteiger partial charge is 0.497 e. The van der Waals surface area contributed by atoms with Crippen molar-refractivity contribution in [2.75, 3.05) is 26.1 Å². The number of halogens is 1. The maximum atomic E-state index is 12.3. The van der Waals surface area contributed by atoms with Crippen LogP contribution in [0.4, 0.5) is 0 Å². The average Bonchev–Trinajstić information content (AvgIpc) is 2.52. The molecule has 0 heterocycles. The summed E-state index contributed by atoms with van der Waals surface area (Å²) in [6, 6.07) is 5.23. The quantitative estimate of drug-likeness (QED) is 0.686. The number of alkyl halides is 1. The molecule has 1 atom stereocenters. The van der Waals surface area contributed by atoms with E-state index in [9.17, 15) is 4.79 Å². The topological polar surface area (TPSA) is 47.6 Å². The second-order valence-electron chi connectivity index (χ2n) is 4.91. The van der Waals surface area contributed by atoms with Crippen LogP contribution in [-0.4, -0.2) is 32.0 Å². The van der Waals surface area contributed by atoms with E-state index in [4.69, 9.17) is 9.47 Å². The summed E-state index contributed by atoms with van der Waals surface area (Å²) < 4.78 is 10.4. The van der Waals surface area contributed by atoms with Gasteiger partial charge in [0.15, 0.2) is 0 Å². The Morgan fingerprint density at radius 2 is 2.05 bits per heavy atom. The summed E-state index contributed by atoms with van der Waals surface area (Å²) in [5.41, 5.74) is 0.506. The summed E-state index contributed by atoms with van der Waals surface area (Å²) in [4.78, 5) is 12.3. The van der Waals surface area contributed by atoms with Gasteiger partial charge in [-0.2, -0.15) is 0 Å². The third-order valence-electron chi connectivity index (χ3n) is 3.42. The van der Waals surface area contributed by atoms with Crippen molar-refractivity contribution in [3.63, 3.8) is 0 Å². The zero-order chi connectivity index (χ0) is 15.7. The van der Waals surface area contributed by atoms with E-state index < -0.39 is 0 Å². The number of rotatable bonds is 9. The molecule has 0 aliphatic rings.